The van der Waals surface area contributed by atoms with Crippen molar-refractivity contribution in [2.24, 2.45) is 17.8 Å². The van der Waals surface area contributed by atoms with E-state index in [9.17, 15) is 0 Å². The minimum Gasteiger partial charge on any atom is -0.378 e. The SMILES string of the molecule is CC1CC2CC(C1)C1NNC3CCC(CC31)OCCCNCCO2. The monoisotopic (exact) mass is 337 g/mol. The molecule has 2 aliphatic carbocycles. The summed E-state index contributed by atoms with van der Waals surface area (Å²) < 4.78 is 12.4. The average Bonchev–Trinajstić information content (AvgIpc) is 2.99. The molecule has 5 nitrogen and oxygen atoms in total. The highest BCUT2D eigenvalue weighted by molar-refractivity contribution is 5.00. The van der Waals surface area contributed by atoms with Gasteiger partial charge in [0.2, 0.25) is 0 Å². The molecule has 3 N–H and O–H groups in total. The largest absolute Gasteiger partial charge is 0.378 e. The maximum atomic E-state index is 6.23. The molecule has 0 spiro atoms. The third kappa shape index (κ3) is 3.96. The Balaban J connectivity index is 1.47. The number of hydrogen-bond donors (Lipinski definition) is 3. The van der Waals surface area contributed by atoms with E-state index in [1.807, 2.05) is 0 Å². The summed E-state index contributed by atoms with van der Waals surface area (Å²) in [5, 5.41) is 3.50. The summed E-state index contributed by atoms with van der Waals surface area (Å²) in [6.45, 7) is 6.15. The molecule has 0 aromatic heterocycles. The number of hydrogen-bond acceptors (Lipinski definition) is 5. The fourth-order valence-corrected chi connectivity index (χ4v) is 5.56. The van der Waals surface area contributed by atoms with E-state index in [0.29, 0.717) is 24.3 Å². The molecule has 0 radical (unpaired) electrons. The van der Waals surface area contributed by atoms with E-state index < -0.39 is 0 Å². The molecule has 0 aromatic carbocycles. The summed E-state index contributed by atoms with van der Waals surface area (Å²) in [5.74, 6) is 2.23. The zero-order chi connectivity index (χ0) is 16.4. The van der Waals surface area contributed by atoms with Crippen molar-refractivity contribution in [2.45, 2.75) is 76.2 Å². The number of rotatable bonds is 0. The Morgan fingerprint density at radius 3 is 2.71 bits per heavy atom. The van der Waals surface area contributed by atoms with Gasteiger partial charge in [0, 0.05) is 25.2 Å². The maximum Gasteiger partial charge on any atom is 0.0594 e. The summed E-state index contributed by atoms with van der Waals surface area (Å²) in [6.07, 6.45) is 9.49. The van der Waals surface area contributed by atoms with Crippen molar-refractivity contribution >= 4 is 0 Å². The van der Waals surface area contributed by atoms with Gasteiger partial charge in [-0.15, -0.1) is 0 Å². The molecule has 24 heavy (non-hydrogen) atoms. The van der Waals surface area contributed by atoms with E-state index in [-0.39, 0.29) is 0 Å². The lowest BCUT2D eigenvalue weighted by atomic mass is 9.70. The summed E-state index contributed by atoms with van der Waals surface area (Å²) in [7, 11) is 0. The first-order valence-electron chi connectivity index (χ1n) is 10.2. The fourth-order valence-electron chi connectivity index (χ4n) is 5.56. The molecule has 2 aliphatic heterocycles. The number of fused-ring (bicyclic) bond motifs is 4. The molecular formula is C19H35N3O2. The van der Waals surface area contributed by atoms with Crippen LogP contribution in [0.1, 0.15) is 51.9 Å². The predicted octanol–water partition coefficient (Wildman–Crippen LogP) is 1.83. The van der Waals surface area contributed by atoms with Crippen LogP contribution in [0.15, 0.2) is 0 Å². The highest BCUT2D eigenvalue weighted by Gasteiger charge is 2.45. The lowest BCUT2D eigenvalue weighted by Gasteiger charge is -2.40. The third-order valence-corrected chi connectivity index (χ3v) is 6.68. The summed E-state index contributed by atoms with van der Waals surface area (Å²) in [5.41, 5.74) is 7.29. The van der Waals surface area contributed by atoms with Crippen LogP contribution >= 0.6 is 0 Å². The van der Waals surface area contributed by atoms with Crippen LogP contribution in [0.4, 0.5) is 0 Å². The Morgan fingerprint density at radius 1 is 0.833 bits per heavy atom. The van der Waals surface area contributed by atoms with Crippen molar-refractivity contribution in [3.63, 3.8) is 0 Å². The highest BCUT2D eigenvalue weighted by atomic mass is 16.5. The van der Waals surface area contributed by atoms with Gasteiger partial charge < -0.3 is 14.8 Å². The molecule has 4 aliphatic rings. The van der Waals surface area contributed by atoms with Gasteiger partial charge in [-0.1, -0.05) is 6.92 Å². The van der Waals surface area contributed by atoms with E-state index in [2.05, 4.69) is 23.1 Å². The number of ether oxygens (including phenoxy) is 2. The van der Waals surface area contributed by atoms with E-state index in [0.717, 1.165) is 50.5 Å². The topological polar surface area (TPSA) is 54.5 Å². The maximum absolute atomic E-state index is 6.23. The van der Waals surface area contributed by atoms with Gasteiger partial charge in [0.25, 0.3) is 0 Å². The van der Waals surface area contributed by atoms with Crippen molar-refractivity contribution in [1.82, 2.24) is 16.2 Å². The normalized spacial score (nSPS) is 47.6. The first kappa shape index (κ1) is 17.2. The molecule has 2 saturated carbocycles. The van der Waals surface area contributed by atoms with Crippen molar-refractivity contribution in [1.29, 1.82) is 0 Å². The van der Waals surface area contributed by atoms with Crippen LogP contribution in [0.5, 0.6) is 0 Å². The van der Waals surface area contributed by atoms with Crippen LogP contribution in [0, 0.1) is 17.8 Å². The second kappa shape index (κ2) is 8.00. The molecule has 4 bridgehead atoms. The van der Waals surface area contributed by atoms with Crippen molar-refractivity contribution in [2.75, 3.05) is 26.3 Å². The molecule has 5 heteroatoms. The van der Waals surface area contributed by atoms with Gasteiger partial charge in [-0.3, -0.25) is 10.9 Å². The Morgan fingerprint density at radius 2 is 1.75 bits per heavy atom. The van der Waals surface area contributed by atoms with Crippen LogP contribution in [-0.2, 0) is 9.47 Å². The van der Waals surface area contributed by atoms with Crippen LogP contribution in [0.3, 0.4) is 0 Å². The zero-order valence-electron chi connectivity index (χ0n) is 15.1. The number of nitrogens with one attached hydrogen (secondary N) is 3. The minimum atomic E-state index is 0.446. The summed E-state index contributed by atoms with van der Waals surface area (Å²) in [4.78, 5) is 0. The fraction of sp³-hybridized carbons (Fsp3) is 1.00. The number of hydrazine groups is 1. The van der Waals surface area contributed by atoms with Gasteiger partial charge in [0.1, 0.15) is 0 Å². The van der Waals surface area contributed by atoms with Crippen LogP contribution < -0.4 is 16.2 Å². The Labute approximate surface area is 146 Å². The third-order valence-electron chi connectivity index (χ3n) is 6.68. The van der Waals surface area contributed by atoms with Crippen LogP contribution in [-0.4, -0.2) is 50.6 Å². The van der Waals surface area contributed by atoms with Gasteiger partial charge in [0.05, 0.1) is 18.8 Å². The molecule has 2 heterocycles. The second-order valence-electron chi connectivity index (χ2n) is 8.56. The quantitative estimate of drug-likeness (QED) is 0.630. The van der Waals surface area contributed by atoms with Crippen LogP contribution in [0.25, 0.3) is 0 Å². The Kier molecular flexibility index (Phi) is 5.74. The molecule has 0 amide bonds. The lowest BCUT2D eigenvalue weighted by Crippen LogP contribution is -2.44. The molecule has 0 aromatic rings. The van der Waals surface area contributed by atoms with Crippen molar-refractivity contribution in [3.8, 4) is 0 Å². The molecule has 4 rings (SSSR count). The average molecular weight is 338 g/mol. The first-order valence-corrected chi connectivity index (χ1v) is 10.2. The minimum absolute atomic E-state index is 0.446. The van der Waals surface area contributed by atoms with Gasteiger partial charge >= 0.3 is 0 Å². The standard InChI is InChI=1S/C19H35N3O2/c1-13-9-14-11-16(10-13)24-8-6-20-5-2-7-23-15-3-4-18-17(12-15)19(14)22-21-18/h13-22H,2-12H2,1H3. The summed E-state index contributed by atoms with van der Waals surface area (Å²) in [6, 6.07) is 1.24. The predicted molar refractivity (Wildman–Crippen MR) is 94.7 cm³/mol. The molecule has 138 valence electrons. The first-order chi connectivity index (χ1) is 11.8. The lowest BCUT2D eigenvalue weighted by molar-refractivity contribution is -0.0165. The van der Waals surface area contributed by atoms with Gasteiger partial charge in [-0.25, -0.2) is 0 Å². The van der Waals surface area contributed by atoms with E-state index in [4.69, 9.17) is 9.47 Å². The molecule has 4 fully saturated rings. The molecular weight excluding hydrogens is 302 g/mol. The van der Waals surface area contributed by atoms with Gasteiger partial charge in [-0.2, -0.15) is 0 Å². The van der Waals surface area contributed by atoms with E-state index in [1.165, 1.54) is 38.5 Å². The smallest absolute Gasteiger partial charge is 0.0594 e. The van der Waals surface area contributed by atoms with E-state index >= 15 is 0 Å². The second-order valence-corrected chi connectivity index (χ2v) is 8.56. The molecule has 2 saturated heterocycles. The highest BCUT2D eigenvalue weighted by Crippen LogP contribution is 2.41. The molecule has 7 atom stereocenters. The Hall–Kier alpha value is -0.200. The van der Waals surface area contributed by atoms with Crippen LogP contribution in [0.2, 0.25) is 0 Å². The van der Waals surface area contributed by atoms with Gasteiger partial charge in [-0.05, 0) is 69.2 Å². The molecule has 7 unspecified atom stereocenters. The van der Waals surface area contributed by atoms with Gasteiger partial charge in [0.15, 0.2) is 0 Å². The Bertz CT molecular complexity index is 408. The van der Waals surface area contributed by atoms with Crippen molar-refractivity contribution < 1.29 is 9.47 Å². The van der Waals surface area contributed by atoms with Crippen molar-refractivity contribution in [3.05, 3.63) is 0 Å². The summed E-state index contributed by atoms with van der Waals surface area (Å²) >= 11 is 0. The zero-order valence-corrected chi connectivity index (χ0v) is 15.1. The van der Waals surface area contributed by atoms with E-state index in [1.54, 1.807) is 0 Å².